The predicted molar refractivity (Wildman–Crippen MR) is 82.2 cm³/mol. The molecule has 0 saturated carbocycles. The van der Waals surface area contributed by atoms with Crippen LogP contribution >= 0.6 is 0 Å². The Morgan fingerprint density at radius 1 is 1.33 bits per heavy atom. The van der Waals surface area contributed by atoms with Crippen LogP contribution in [0.4, 0.5) is 0 Å². The molecular weight excluding hydrogens is 266 g/mol. The summed E-state index contributed by atoms with van der Waals surface area (Å²) in [6, 6.07) is 9.93. The molecule has 0 saturated heterocycles. The summed E-state index contributed by atoms with van der Waals surface area (Å²) in [5.41, 5.74) is 2.48. The molecule has 0 aliphatic carbocycles. The van der Waals surface area contributed by atoms with Gasteiger partial charge in [-0.15, -0.1) is 0 Å². The second-order valence-electron chi connectivity index (χ2n) is 5.41. The van der Waals surface area contributed by atoms with E-state index >= 15 is 0 Å². The van der Waals surface area contributed by atoms with Gasteiger partial charge in [0.1, 0.15) is 0 Å². The van der Waals surface area contributed by atoms with Crippen molar-refractivity contribution in [3.05, 3.63) is 47.2 Å². The van der Waals surface area contributed by atoms with Gasteiger partial charge in [-0.3, -0.25) is 0 Å². The first-order valence-electron chi connectivity index (χ1n) is 6.99. The van der Waals surface area contributed by atoms with Gasteiger partial charge >= 0.3 is 0 Å². The van der Waals surface area contributed by atoms with Crippen molar-refractivity contribution in [2.45, 2.75) is 25.9 Å². The van der Waals surface area contributed by atoms with Gasteiger partial charge in [-0.1, -0.05) is 30.3 Å². The normalized spacial score (nSPS) is 14.0. The van der Waals surface area contributed by atoms with Crippen molar-refractivity contribution in [2.24, 2.45) is 7.05 Å². The number of aryl methyl sites for hydroxylation is 2. The zero-order valence-corrected chi connectivity index (χ0v) is 13.1. The zero-order chi connectivity index (χ0) is 15.5. The Morgan fingerprint density at radius 3 is 2.57 bits per heavy atom. The Balaban J connectivity index is 2.21. The Bertz CT molecular complexity index is 595. The van der Waals surface area contributed by atoms with E-state index in [1.54, 1.807) is 11.8 Å². The van der Waals surface area contributed by atoms with Crippen molar-refractivity contribution in [2.75, 3.05) is 13.7 Å². The lowest BCUT2D eigenvalue weighted by molar-refractivity contribution is 0.173. The Kier molecular flexibility index (Phi) is 4.65. The molecule has 0 spiro atoms. The van der Waals surface area contributed by atoms with Crippen molar-refractivity contribution < 1.29 is 9.84 Å². The lowest BCUT2D eigenvalue weighted by Gasteiger charge is -2.29. The van der Waals surface area contributed by atoms with E-state index in [0.29, 0.717) is 6.54 Å². The van der Waals surface area contributed by atoms with E-state index in [0.717, 1.165) is 22.7 Å². The molecule has 0 amide bonds. The molecule has 0 bridgehead atoms. The highest BCUT2D eigenvalue weighted by atomic mass is 16.5. The fourth-order valence-corrected chi connectivity index (χ4v) is 2.48. The molecule has 2 rings (SSSR count). The molecule has 2 N–H and O–H groups in total. The van der Waals surface area contributed by atoms with Crippen molar-refractivity contribution in [1.82, 2.24) is 15.1 Å². The Hall–Kier alpha value is -1.85. The summed E-state index contributed by atoms with van der Waals surface area (Å²) >= 11 is 0. The zero-order valence-electron chi connectivity index (χ0n) is 13.1. The fourth-order valence-electron chi connectivity index (χ4n) is 2.48. The van der Waals surface area contributed by atoms with Gasteiger partial charge in [0.2, 0.25) is 5.88 Å². The maximum Gasteiger partial charge on any atom is 0.216 e. The van der Waals surface area contributed by atoms with Crippen LogP contribution in [0.1, 0.15) is 23.7 Å². The van der Waals surface area contributed by atoms with Crippen LogP contribution in [0.15, 0.2) is 30.3 Å². The van der Waals surface area contributed by atoms with Gasteiger partial charge in [0.05, 0.1) is 30.5 Å². The molecule has 1 aromatic carbocycles. The predicted octanol–water partition coefficient (Wildman–Crippen LogP) is 1.73. The summed E-state index contributed by atoms with van der Waals surface area (Å²) in [7, 11) is 3.50. The molecular formula is C16H23N3O2. The number of aromatic nitrogens is 2. The highest BCUT2D eigenvalue weighted by Gasteiger charge is 2.26. The molecule has 1 atom stereocenters. The summed E-state index contributed by atoms with van der Waals surface area (Å²) in [5.74, 6) is 0.744. The fraction of sp³-hybridized carbons (Fsp3) is 0.438. The lowest BCUT2D eigenvalue weighted by atomic mass is 9.92. The first kappa shape index (κ1) is 15.5. The third-order valence-corrected chi connectivity index (χ3v) is 3.86. The van der Waals surface area contributed by atoms with E-state index in [-0.39, 0.29) is 6.61 Å². The number of ether oxygens (including phenoxy) is 1. The topological polar surface area (TPSA) is 59.3 Å². The number of benzene rings is 1. The number of aliphatic hydroxyl groups is 1. The number of methoxy groups -OCH3 is 1. The average molecular weight is 289 g/mol. The molecule has 1 unspecified atom stereocenters. The summed E-state index contributed by atoms with van der Waals surface area (Å²) in [4.78, 5) is 0. The van der Waals surface area contributed by atoms with Gasteiger partial charge in [-0.25, -0.2) is 4.68 Å². The van der Waals surface area contributed by atoms with Crippen molar-refractivity contribution >= 4 is 0 Å². The smallest absolute Gasteiger partial charge is 0.216 e. The largest absolute Gasteiger partial charge is 0.481 e. The first-order valence-corrected chi connectivity index (χ1v) is 6.99. The van der Waals surface area contributed by atoms with Crippen LogP contribution in [0.3, 0.4) is 0 Å². The van der Waals surface area contributed by atoms with Crippen LogP contribution in [-0.2, 0) is 19.1 Å². The minimum atomic E-state index is -0.505. The van der Waals surface area contributed by atoms with E-state index in [9.17, 15) is 5.11 Å². The van der Waals surface area contributed by atoms with Crippen LogP contribution in [0.5, 0.6) is 5.88 Å². The molecule has 0 aliphatic rings. The number of hydrogen-bond acceptors (Lipinski definition) is 4. The maximum atomic E-state index is 9.80. The quantitative estimate of drug-likeness (QED) is 0.850. The average Bonchev–Trinajstić information content (AvgIpc) is 2.78. The maximum absolute atomic E-state index is 9.80. The summed E-state index contributed by atoms with van der Waals surface area (Å²) in [6.45, 7) is 4.53. The van der Waals surface area contributed by atoms with Gasteiger partial charge in [-0.05, 0) is 19.4 Å². The second kappa shape index (κ2) is 6.28. The summed E-state index contributed by atoms with van der Waals surface area (Å²) < 4.78 is 7.13. The third-order valence-electron chi connectivity index (χ3n) is 3.86. The first-order chi connectivity index (χ1) is 10.0. The SMILES string of the molecule is COc1c(CNC(C)(CO)c2ccccc2)c(C)nn1C. The van der Waals surface area contributed by atoms with Crippen LogP contribution < -0.4 is 10.1 Å². The third kappa shape index (κ3) is 3.09. The molecule has 114 valence electrons. The van der Waals surface area contributed by atoms with E-state index in [2.05, 4.69) is 10.4 Å². The Morgan fingerprint density at radius 2 is 2.00 bits per heavy atom. The minimum absolute atomic E-state index is 0.0125. The van der Waals surface area contributed by atoms with Crippen LogP contribution in [-0.4, -0.2) is 28.6 Å². The Labute approximate surface area is 125 Å². The van der Waals surface area contributed by atoms with E-state index in [1.165, 1.54) is 0 Å². The van der Waals surface area contributed by atoms with E-state index in [4.69, 9.17) is 4.74 Å². The molecule has 5 nitrogen and oxygen atoms in total. The van der Waals surface area contributed by atoms with Crippen molar-refractivity contribution in [1.29, 1.82) is 0 Å². The summed E-state index contributed by atoms with van der Waals surface area (Å²) in [5, 5.41) is 17.6. The van der Waals surface area contributed by atoms with Crippen molar-refractivity contribution in [3.63, 3.8) is 0 Å². The van der Waals surface area contributed by atoms with Crippen LogP contribution in [0.25, 0.3) is 0 Å². The number of aliphatic hydroxyl groups excluding tert-OH is 1. The molecule has 2 aromatic rings. The molecule has 0 fully saturated rings. The molecule has 21 heavy (non-hydrogen) atoms. The van der Waals surface area contributed by atoms with Crippen LogP contribution in [0, 0.1) is 6.92 Å². The lowest BCUT2D eigenvalue weighted by Crippen LogP contribution is -2.42. The number of rotatable bonds is 6. The van der Waals surface area contributed by atoms with Crippen LogP contribution in [0.2, 0.25) is 0 Å². The monoisotopic (exact) mass is 289 g/mol. The van der Waals surface area contributed by atoms with E-state index < -0.39 is 5.54 Å². The van der Waals surface area contributed by atoms with Gasteiger partial charge < -0.3 is 15.2 Å². The molecule has 1 aromatic heterocycles. The second-order valence-corrected chi connectivity index (χ2v) is 5.41. The van der Waals surface area contributed by atoms with E-state index in [1.807, 2.05) is 51.2 Å². The molecule has 5 heteroatoms. The molecule has 0 radical (unpaired) electrons. The molecule has 1 heterocycles. The number of nitrogens with zero attached hydrogens (tertiary/aromatic N) is 2. The molecule has 0 aliphatic heterocycles. The minimum Gasteiger partial charge on any atom is -0.481 e. The highest BCUT2D eigenvalue weighted by molar-refractivity contribution is 5.32. The highest BCUT2D eigenvalue weighted by Crippen LogP contribution is 2.24. The van der Waals surface area contributed by atoms with Gasteiger partial charge in [-0.2, -0.15) is 5.10 Å². The standard InChI is InChI=1S/C16H23N3O2/c1-12-14(15(21-4)19(3)18-12)10-17-16(2,11-20)13-8-6-5-7-9-13/h5-9,17,20H,10-11H2,1-4H3. The van der Waals surface area contributed by atoms with Gasteiger partial charge in [0, 0.05) is 13.6 Å². The van der Waals surface area contributed by atoms with Gasteiger partial charge in [0.15, 0.2) is 0 Å². The summed E-state index contributed by atoms with van der Waals surface area (Å²) in [6.07, 6.45) is 0. The van der Waals surface area contributed by atoms with Gasteiger partial charge in [0.25, 0.3) is 0 Å². The van der Waals surface area contributed by atoms with Crippen molar-refractivity contribution in [3.8, 4) is 5.88 Å². The number of nitrogens with one attached hydrogen (secondary N) is 1. The number of hydrogen-bond donors (Lipinski definition) is 2.